The first-order chi connectivity index (χ1) is 8.27. The van der Waals surface area contributed by atoms with Crippen LogP contribution in [0.25, 0.3) is 0 Å². The highest BCUT2D eigenvalue weighted by Gasteiger charge is 2.34. The van der Waals surface area contributed by atoms with Crippen molar-refractivity contribution in [1.29, 1.82) is 0 Å². The van der Waals surface area contributed by atoms with E-state index in [1.54, 1.807) is 26.0 Å². The molecule has 1 aliphatic heterocycles. The molecule has 7 heteroatoms. The van der Waals surface area contributed by atoms with Crippen LogP contribution in [0.2, 0.25) is 0 Å². The Morgan fingerprint density at radius 3 is 2.72 bits per heavy atom. The van der Waals surface area contributed by atoms with E-state index in [-0.39, 0.29) is 6.61 Å². The van der Waals surface area contributed by atoms with E-state index in [2.05, 4.69) is 4.18 Å². The molecule has 0 saturated carbocycles. The van der Waals surface area contributed by atoms with Crippen LogP contribution in [0.15, 0.2) is 24.3 Å². The second-order valence-electron chi connectivity index (χ2n) is 4.42. The second-order valence-corrected chi connectivity index (χ2v) is 5.64. The van der Waals surface area contributed by atoms with Gasteiger partial charge in [0, 0.05) is 19.4 Å². The van der Waals surface area contributed by atoms with Crippen molar-refractivity contribution < 1.29 is 22.1 Å². The molecule has 0 bridgehead atoms. The fourth-order valence-electron chi connectivity index (χ4n) is 1.81. The fourth-order valence-corrected chi connectivity index (χ4v) is 2.13. The first-order valence-corrected chi connectivity index (χ1v) is 6.87. The Hall–Kier alpha value is -1.15. The molecule has 2 rings (SSSR count). The predicted octanol–water partition coefficient (Wildman–Crippen LogP) is 1.09. The van der Waals surface area contributed by atoms with Crippen LogP contribution in [0.5, 0.6) is 5.75 Å². The van der Waals surface area contributed by atoms with E-state index in [1.165, 1.54) is 0 Å². The summed E-state index contributed by atoms with van der Waals surface area (Å²) < 4.78 is 37.5. The molecule has 0 fully saturated rings. The highest BCUT2D eigenvalue weighted by atomic mass is 32.2. The lowest BCUT2D eigenvalue weighted by molar-refractivity contribution is -0.212. The van der Waals surface area contributed by atoms with Gasteiger partial charge in [0.15, 0.2) is 0 Å². The van der Waals surface area contributed by atoms with Crippen LogP contribution >= 0.6 is 0 Å². The number of benzene rings is 1. The molecule has 0 amide bonds. The number of hydrogen-bond donors (Lipinski definition) is 1. The first kappa shape index (κ1) is 13.3. The molecule has 100 valence electrons. The van der Waals surface area contributed by atoms with Gasteiger partial charge in [0.1, 0.15) is 11.9 Å². The molecule has 0 aromatic heterocycles. The molecule has 0 spiro atoms. The van der Waals surface area contributed by atoms with Gasteiger partial charge in [-0.15, -0.1) is 0 Å². The number of rotatable bonds is 3. The summed E-state index contributed by atoms with van der Waals surface area (Å²) in [5.41, 5.74) is 0.737. The molecule has 1 aromatic rings. The van der Waals surface area contributed by atoms with Crippen LogP contribution in [0.1, 0.15) is 25.5 Å². The minimum Gasteiger partial charge on any atom is -0.463 e. The van der Waals surface area contributed by atoms with Gasteiger partial charge in [-0.05, 0) is 6.07 Å². The summed E-state index contributed by atoms with van der Waals surface area (Å²) in [4.78, 5) is 0. The van der Waals surface area contributed by atoms with Crippen molar-refractivity contribution >= 4 is 10.3 Å². The van der Waals surface area contributed by atoms with E-state index in [0.29, 0.717) is 5.75 Å². The van der Waals surface area contributed by atoms with Crippen LogP contribution in [0.4, 0.5) is 0 Å². The first-order valence-electron chi connectivity index (χ1n) is 5.40. The van der Waals surface area contributed by atoms with Crippen molar-refractivity contribution in [1.82, 2.24) is 0 Å². The van der Waals surface area contributed by atoms with E-state index >= 15 is 0 Å². The molecule has 6 nitrogen and oxygen atoms in total. The Kier molecular flexibility index (Phi) is 3.33. The number of fused-ring (bicyclic) bond motifs is 1. The molecule has 2 N–H and O–H groups in total. The third kappa shape index (κ3) is 3.20. The number of hydrogen-bond acceptors (Lipinski definition) is 5. The number of para-hydroxylation sites is 1. The quantitative estimate of drug-likeness (QED) is 0.890. The summed E-state index contributed by atoms with van der Waals surface area (Å²) in [6.45, 7) is 3.31. The molecular weight excluding hydrogens is 258 g/mol. The standard InChI is InChI=1S/C11H15NO5S/c1-11(2)16-9-6-4-3-5-8(9)10(17-11)7-15-18(12,13)14/h3-6,10H,7H2,1-2H3,(H2,12,13,14)/t10-/m1/s1. The smallest absolute Gasteiger partial charge is 0.333 e. The molecule has 0 unspecified atom stereocenters. The molecule has 0 saturated heterocycles. The van der Waals surface area contributed by atoms with Crippen LogP contribution in [0, 0.1) is 0 Å². The van der Waals surface area contributed by atoms with Gasteiger partial charge in [0.05, 0.1) is 6.61 Å². The van der Waals surface area contributed by atoms with Crippen molar-refractivity contribution in [2.75, 3.05) is 6.61 Å². The van der Waals surface area contributed by atoms with Gasteiger partial charge in [0.25, 0.3) is 0 Å². The van der Waals surface area contributed by atoms with E-state index in [9.17, 15) is 8.42 Å². The van der Waals surface area contributed by atoms with Crippen molar-refractivity contribution in [2.45, 2.75) is 25.7 Å². The third-order valence-corrected chi connectivity index (χ3v) is 2.90. The van der Waals surface area contributed by atoms with Gasteiger partial charge in [0.2, 0.25) is 5.79 Å². The van der Waals surface area contributed by atoms with Crippen LogP contribution in [0.3, 0.4) is 0 Å². The Bertz CT molecular complexity index is 540. The van der Waals surface area contributed by atoms with Gasteiger partial charge in [-0.1, -0.05) is 18.2 Å². The second kappa shape index (κ2) is 4.51. The lowest BCUT2D eigenvalue weighted by Crippen LogP contribution is -2.39. The van der Waals surface area contributed by atoms with Crippen LogP contribution in [-0.2, 0) is 19.2 Å². The van der Waals surface area contributed by atoms with Gasteiger partial charge in [-0.2, -0.15) is 8.42 Å². The molecule has 1 atom stereocenters. The van der Waals surface area contributed by atoms with Gasteiger partial charge in [-0.25, -0.2) is 5.14 Å². The van der Waals surface area contributed by atoms with E-state index in [1.807, 2.05) is 12.1 Å². The maximum absolute atomic E-state index is 10.8. The zero-order chi connectivity index (χ0) is 13.4. The summed E-state index contributed by atoms with van der Waals surface area (Å²) in [5, 5.41) is 4.80. The number of nitrogens with two attached hydrogens (primary N) is 1. The Morgan fingerprint density at radius 2 is 2.06 bits per heavy atom. The average Bonchev–Trinajstić information content (AvgIpc) is 2.23. The zero-order valence-electron chi connectivity index (χ0n) is 10.1. The molecule has 0 aliphatic carbocycles. The Labute approximate surface area is 106 Å². The minimum absolute atomic E-state index is 0.178. The van der Waals surface area contributed by atoms with Gasteiger partial charge < -0.3 is 9.47 Å². The monoisotopic (exact) mass is 273 g/mol. The number of ether oxygens (including phenoxy) is 2. The topological polar surface area (TPSA) is 87.9 Å². The maximum atomic E-state index is 10.8. The van der Waals surface area contributed by atoms with E-state index < -0.39 is 22.2 Å². The minimum atomic E-state index is -3.98. The normalized spacial score (nSPS) is 22.1. The van der Waals surface area contributed by atoms with Crippen molar-refractivity contribution in [3.05, 3.63) is 29.8 Å². The lowest BCUT2D eigenvalue weighted by Gasteiger charge is -2.37. The Morgan fingerprint density at radius 1 is 1.39 bits per heavy atom. The highest BCUT2D eigenvalue weighted by Crippen LogP contribution is 2.38. The van der Waals surface area contributed by atoms with Crippen molar-refractivity contribution in [3.8, 4) is 5.75 Å². The van der Waals surface area contributed by atoms with Crippen LogP contribution in [-0.4, -0.2) is 20.8 Å². The lowest BCUT2D eigenvalue weighted by atomic mass is 10.1. The summed E-state index contributed by atoms with van der Waals surface area (Å²) in [6.07, 6.45) is -0.539. The summed E-state index contributed by atoms with van der Waals surface area (Å²) in [7, 11) is -3.98. The van der Waals surface area contributed by atoms with E-state index in [0.717, 1.165) is 5.56 Å². The molecule has 18 heavy (non-hydrogen) atoms. The van der Waals surface area contributed by atoms with Crippen molar-refractivity contribution in [2.24, 2.45) is 5.14 Å². The molecular formula is C11H15NO5S. The summed E-state index contributed by atoms with van der Waals surface area (Å²) in [6, 6.07) is 7.23. The molecule has 1 aliphatic rings. The van der Waals surface area contributed by atoms with Gasteiger partial charge >= 0.3 is 10.3 Å². The van der Waals surface area contributed by atoms with Crippen LogP contribution < -0.4 is 9.88 Å². The zero-order valence-corrected chi connectivity index (χ0v) is 10.9. The molecule has 1 aromatic carbocycles. The summed E-state index contributed by atoms with van der Waals surface area (Å²) >= 11 is 0. The van der Waals surface area contributed by atoms with Crippen molar-refractivity contribution in [3.63, 3.8) is 0 Å². The maximum Gasteiger partial charge on any atom is 0.333 e. The van der Waals surface area contributed by atoms with Gasteiger partial charge in [-0.3, -0.25) is 4.18 Å². The predicted molar refractivity (Wildman–Crippen MR) is 64.0 cm³/mol. The fraction of sp³-hybridized carbons (Fsp3) is 0.455. The highest BCUT2D eigenvalue weighted by molar-refractivity contribution is 7.84. The SMILES string of the molecule is CC1(C)Oc2ccccc2[C@@H](COS(N)(=O)=O)O1. The molecule has 0 radical (unpaired) electrons. The Balaban J connectivity index is 2.25. The summed E-state index contributed by atoms with van der Waals surface area (Å²) in [5.74, 6) is -0.197. The molecule has 1 heterocycles. The largest absolute Gasteiger partial charge is 0.463 e. The van der Waals surface area contributed by atoms with E-state index in [4.69, 9.17) is 14.6 Å². The third-order valence-electron chi connectivity index (χ3n) is 2.43. The average molecular weight is 273 g/mol.